The number of fused-ring (bicyclic) bond motifs is 1. The van der Waals surface area contributed by atoms with Gasteiger partial charge in [0.2, 0.25) is 0 Å². The summed E-state index contributed by atoms with van der Waals surface area (Å²) in [6.07, 6.45) is -0.684. The lowest BCUT2D eigenvalue weighted by Crippen LogP contribution is -2.45. The summed E-state index contributed by atoms with van der Waals surface area (Å²) in [6, 6.07) is -0.410. The molecule has 13 heavy (non-hydrogen) atoms. The Morgan fingerprint density at radius 1 is 1.62 bits per heavy atom. The zero-order valence-electron chi connectivity index (χ0n) is 7.99. The Labute approximate surface area is 79.2 Å². The fourth-order valence-electron chi connectivity index (χ4n) is 1.73. The van der Waals surface area contributed by atoms with Crippen LogP contribution in [0.25, 0.3) is 0 Å². The Bertz CT molecular complexity index is 216. The zero-order chi connectivity index (χ0) is 9.64. The first kappa shape index (κ1) is 9.84. The van der Waals surface area contributed by atoms with E-state index in [1.54, 1.807) is 7.85 Å². The molecular weight excluding hydrogens is 193 g/mol. The lowest BCUT2D eigenvalue weighted by atomic mass is 9.83. The van der Waals surface area contributed by atoms with Gasteiger partial charge in [0.05, 0.1) is 12.6 Å². The largest absolute Gasteiger partial charge is 0.375 e. The van der Waals surface area contributed by atoms with E-state index in [2.05, 4.69) is 0 Å². The molecule has 2 aliphatic rings. The molecule has 2 saturated heterocycles. The first-order valence-corrected chi connectivity index (χ1v) is 6.02. The Balaban J connectivity index is 2.16. The van der Waals surface area contributed by atoms with Crippen molar-refractivity contribution in [2.45, 2.75) is 30.8 Å². The van der Waals surface area contributed by atoms with Gasteiger partial charge in [0.1, 0.15) is 20.1 Å². The molecule has 0 aromatic heterocycles. The van der Waals surface area contributed by atoms with Gasteiger partial charge in [-0.1, -0.05) is 0 Å². The summed E-state index contributed by atoms with van der Waals surface area (Å²) in [4.78, 5) is 0. The second-order valence-corrected chi connectivity index (χ2v) is 5.08. The van der Waals surface area contributed by atoms with Crippen molar-refractivity contribution in [1.29, 1.82) is 0 Å². The predicted octanol–water partition coefficient (Wildman–Crippen LogP) is 0.430. The number of rotatable bonds is 0. The molecule has 6 heteroatoms. The summed E-state index contributed by atoms with van der Waals surface area (Å²) < 4.78 is 30.2. The van der Waals surface area contributed by atoms with E-state index >= 15 is 0 Å². The average molecular weight is 206 g/mol. The quantitative estimate of drug-likeness (QED) is 0.424. The first-order chi connectivity index (χ1) is 6.01. The van der Waals surface area contributed by atoms with Gasteiger partial charge < -0.3 is 13.8 Å². The van der Waals surface area contributed by atoms with E-state index < -0.39 is 26.2 Å². The first-order valence-electron chi connectivity index (χ1n) is 4.39. The van der Waals surface area contributed by atoms with Crippen LogP contribution in [0.4, 0.5) is 4.39 Å². The molecule has 5 atom stereocenters. The Hall–Kier alpha value is 0.305. The number of halogens is 1. The highest BCUT2D eigenvalue weighted by Gasteiger charge is 2.55. The number of hydrogen-bond donors (Lipinski definition) is 0. The molecule has 0 aliphatic carbocycles. The van der Waals surface area contributed by atoms with Crippen molar-refractivity contribution in [3.63, 3.8) is 0 Å². The lowest BCUT2D eigenvalue weighted by molar-refractivity contribution is -0.0226. The van der Waals surface area contributed by atoms with Gasteiger partial charge in [0.25, 0.3) is 0 Å². The van der Waals surface area contributed by atoms with Gasteiger partial charge in [-0.25, -0.2) is 4.39 Å². The average Bonchev–Trinajstić information content (AvgIpc) is 2.27. The summed E-state index contributed by atoms with van der Waals surface area (Å²) in [5, 5.41) is 0. The van der Waals surface area contributed by atoms with Crippen LogP contribution >= 0.6 is 8.38 Å². The summed E-state index contributed by atoms with van der Waals surface area (Å²) in [7, 11) is 0.815. The van der Waals surface area contributed by atoms with Crippen molar-refractivity contribution in [3.8, 4) is 0 Å². The van der Waals surface area contributed by atoms with Gasteiger partial charge in [0, 0.05) is 6.66 Å². The molecule has 3 nitrogen and oxygen atoms in total. The summed E-state index contributed by atoms with van der Waals surface area (Å²) in [6.45, 7) is 3.83. The van der Waals surface area contributed by atoms with Crippen molar-refractivity contribution in [2.75, 3.05) is 13.3 Å². The van der Waals surface area contributed by atoms with E-state index in [9.17, 15) is 4.39 Å². The van der Waals surface area contributed by atoms with Gasteiger partial charge in [-0.3, -0.25) is 0 Å². The summed E-state index contributed by atoms with van der Waals surface area (Å²) >= 11 is 0. The normalized spacial score (nSPS) is 56.2. The van der Waals surface area contributed by atoms with E-state index in [1.165, 1.54) is 6.92 Å². The lowest BCUT2D eigenvalue weighted by Gasteiger charge is -2.32. The third kappa shape index (κ3) is 1.52. The van der Waals surface area contributed by atoms with Crippen LogP contribution < -0.4 is 0 Å². The Morgan fingerprint density at radius 2 is 2.31 bits per heavy atom. The Morgan fingerprint density at radius 3 is 3.00 bits per heavy atom. The van der Waals surface area contributed by atoms with Crippen molar-refractivity contribution < 1.29 is 18.2 Å². The summed E-state index contributed by atoms with van der Waals surface area (Å²) in [5.41, 5.74) is -1.38. The molecule has 0 radical (unpaired) electrons. The van der Waals surface area contributed by atoms with Crippen LogP contribution in [0.15, 0.2) is 0 Å². The third-order valence-electron chi connectivity index (χ3n) is 2.75. The van der Waals surface area contributed by atoms with Gasteiger partial charge >= 0.3 is 0 Å². The molecule has 0 amide bonds. The molecule has 2 rings (SSSR count). The molecule has 2 aliphatic heterocycles. The smallest absolute Gasteiger partial charge is 0.167 e. The van der Waals surface area contributed by atoms with E-state index in [0.717, 1.165) is 0 Å². The number of hydrogen-bond acceptors (Lipinski definition) is 3. The highest BCUT2D eigenvalue weighted by Crippen LogP contribution is 2.48. The maximum absolute atomic E-state index is 14.0. The fraction of sp³-hybridized carbons (Fsp3) is 1.00. The van der Waals surface area contributed by atoms with Crippen LogP contribution in [0.3, 0.4) is 0 Å². The minimum atomic E-state index is -1.38. The highest BCUT2D eigenvalue weighted by atomic mass is 31.2. The van der Waals surface area contributed by atoms with Gasteiger partial charge in [0.15, 0.2) is 14.0 Å². The number of ether oxygens (including phenoxy) is 1. The third-order valence-corrected chi connectivity index (χ3v) is 3.79. The van der Waals surface area contributed by atoms with E-state index in [-0.39, 0.29) is 6.10 Å². The van der Waals surface area contributed by atoms with Crippen molar-refractivity contribution >= 4 is 16.2 Å². The Kier molecular flexibility index (Phi) is 2.39. The van der Waals surface area contributed by atoms with Crippen LogP contribution in [0.2, 0.25) is 0 Å². The van der Waals surface area contributed by atoms with Crippen LogP contribution in [0.1, 0.15) is 6.92 Å². The van der Waals surface area contributed by atoms with E-state index in [1.807, 2.05) is 6.66 Å². The standard InChI is InChI=1S/C7H13BFO3P/c1-7(9)5-4(11-6(7)8)3-10-13(2)12-5/h4-6H,3,8H2,1-2H3/t4-,5-,6-,7-,13?/m1/s1. The predicted molar refractivity (Wildman–Crippen MR) is 50.4 cm³/mol. The maximum atomic E-state index is 14.0. The molecular formula is C7H13BFO3P. The molecule has 0 aromatic rings. The van der Waals surface area contributed by atoms with Crippen LogP contribution in [-0.2, 0) is 13.8 Å². The van der Waals surface area contributed by atoms with Crippen LogP contribution in [0, 0.1) is 0 Å². The minimum absolute atomic E-state index is 0.233. The van der Waals surface area contributed by atoms with Gasteiger partial charge in [-0.05, 0) is 6.92 Å². The second kappa shape index (κ2) is 3.16. The van der Waals surface area contributed by atoms with Crippen LogP contribution in [0.5, 0.6) is 0 Å². The molecule has 2 fully saturated rings. The minimum Gasteiger partial charge on any atom is -0.375 e. The monoisotopic (exact) mass is 206 g/mol. The van der Waals surface area contributed by atoms with Crippen molar-refractivity contribution in [3.05, 3.63) is 0 Å². The van der Waals surface area contributed by atoms with Crippen LogP contribution in [-0.4, -0.2) is 45.0 Å². The molecule has 0 saturated carbocycles. The maximum Gasteiger partial charge on any atom is 0.167 e. The van der Waals surface area contributed by atoms with Crippen molar-refractivity contribution in [2.24, 2.45) is 0 Å². The molecule has 74 valence electrons. The topological polar surface area (TPSA) is 27.7 Å². The summed E-state index contributed by atoms with van der Waals surface area (Å²) in [5.74, 6) is 0. The molecule has 0 N–H and O–H groups in total. The van der Waals surface area contributed by atoms with E-state index in [0.29, 0.717) is 6.61 Å². The highest BCUT2D eigenvalue weighted by molar-refractivity contribution is 7.46. The molecule has 0 aromatic carbocycles. The van der Waals surface area contributed by atoms with Gasteiger partial charge in [-0.15, -0.1) is 0 Å². The molecule has 0 bridgehead atoms. The second-order valence-electron chi connectivity index (χ2n) is 3.73. The van der Waals surface area contributed by atoms with Gasteiger partial charge in [-0.2, -0.15) is 0 Å². The fourth-order valence-corrected chi connectivity index (χ4v) is 2.81. The number of alkyl halides is 1. The molecule has 0 spiro atoms. The SMILES string of the molecule is B[C@@H]1O[C@@H]2COP(C)O[C@H]2[C@@]1(C)F. The molecule has 1 unspecified atom stereocenters. The van der Waals surface area contributed by atoms with E-state index in [4.69, 9.17) is 13.8 Å². The zero-order valence-corrected chi connectivity index (χ0v) is 8.88. The van der Waals surface area contributed by atoms with Crippen molar-refractivity contribution in [1.82, 2.24) is 0 Å². The molecule has 2 heterocycles.